The fourth-order valence-electron chi connectivity index (χ4n) is 17.2. The highest BCUT2D eigenvalue weighted by atomic mass is 16.7. The van der Waals surface area contributed by atoms with Crippen LogP contribution in [-0.2, 0) is 36.6 Å². The molecule has 7 aliphatic carbocycles. The fraction of sp³-hybridized carbons (Fsp3) is 0.796. The highest BCUT2D eigenvalue weighted by molar-refractivity contribution is 5.79. The second-order valence-corrected chi connectivity index (χ2v) is 22.4. The van der Waals surface area contributed by atoms with E-state index in [1.807, 2.05) is 0 Å². The monoisotopic (exact) mass is 834 g/mol. The highest BCUT2D eigenvalue weighted by Gasteiger charge is 2.78. The van der Waals surface area contributed by atoms with Crippen LogP contribution in [0.4, 0.5) is 0 Å². The number of ether oxygens (including phenoxy) is 3. The van der Waals surface area contributed by atoms with Gasteiger partial charge in [-0.3, -0.25) is 4.79 Å². The number of hydrogen-bond donors (Lipinski definition) is 6. The summed E-state index contributed by atoms with van der Waals surface area (Å²) in [6, 6.07) is 0. The lowest BCUT2D eigenvalue weighted by atomic mass is 9.26. The zero-order valence-corrected chi connectivity index (χ0v) is 36.9. The lowest BCUT2D eigenvalue weighted by Crippen LogP contribution is -2.73. The number of aromatic amines is 1. The molecule has 2 bridgehead atoms. The quantitative estimate of drug-likeness (QED) is 0.105. The van der Waals surface area contributed by atoms with Crippen molar-refractivity contribution < 1.29 is 49.3 Å². The summed E-state index contributed by atoms with van der Waals surface area (Å²) >= 11 is 0. The van der Waals surface area contributed by atoms with E-state index in [2.05, 4.69) is 77.1 Å². The first-order valence-electron chi connectivity index (χ1n) is 23.2. The van der Waals surface area contributed by atoms with Gasteiger partial charge in [-0.05, 0) is 145 Å². The van der Waals surface area contributed by atoms with Crippen LogP contribution in [0.3, 0.4) is 0 Å². The summed E-state index contributed by atoms with van der Waals surface area (Å²) in [5.41, 5.74) is 1.74. The number of aliphatic hydroxyl groups is 3. The number of aliphatic carboxylic acids is 2. The van der Waals surface area contributed by atoms with Gasteiger partial charge in [0.2, 0.25) is 0 Å². The maximum atomic E-state index is 14.1. The van der Waals surface area contributed by atoms with Crippen LogP contribution in [-0.4, -0.2) is 93.0 Å². The molecule has 1 aliphatic heterocycles. The summed E-state index contributed by atoms with van der Waals surface area (Å²) in [6.07, 6.45) is 14.8. The number of carboxylic acids is 2. The Labute approximate surface area is 355 Å². The molecule has 332 valence electrons. The van der Waals surface area contributed by atoms with Crippen molar-refractivity contribution in [1.82, 2.24) is 4.98 Å². The largest absolute Gasteiger partial charge is 0.481 e. The number of nitrogens with one attached hydrogen (secondary N) is 1. The molecular formula is C49H71NO10. The average Bonchev–Trinajstić information content (AvgIpc) is 3.65. The number of rotatable bonds is 10. The van der Waals surface area contributed by atoms with Gasteiger partial charge in [0, 0.05) is 30.8 Å². The van der Waals surface area contributed by atoms with Gasteiger partial charge < -0.3 is 44.7 Å². The van der Waals surface area contributed by atoms with Crippen LogP contribution in [0, 0.1) is 67.5 Å². The summed E-state index contributed by atoms with van der Waals surface area (Å²) in [6.45, 7) is 14.7. The molecule has 2 heterocycles. The van der Waals surface area contributed by atoms with Crippen LogP contribution in [0.5, 0.6) is 0 Å². The number of allylic oxidation sites excluding steroid dienone is 4. The van der Waals surface area contributed by atoms with E-state index in [1.165, 1.54) is 16.7 Å². The van der Waals surface area contributed by atoms with Gasteiger partial charge in [0.05, 0.1) is 18.1 Å². The molecule has 1 saturated heterocycles. The van der Waals surface area contributed by atoms with Crippen molar-refractivity contribution >= 4 is 11.9 Å². The van der Waals surface area contributed by atoms with Crippen molar-refractivity contribution in [3.8, 4) is 0 Å². The number of H-pyrrole nitrogens is 1. The Morgan fingerprint density at radius 2 is 1.70 bits per heavy atom. The van der Waals surface area contributed by atoms with E-state index in [0.717, 1.165) is 70.6 Å². The molecule has 0 aromatic carbocycles. The van der Waals surface area contributed by atoms with Gasteiger partial charge in [-0.2, -0.15) is 0 Å². The molecule has 11 nitrogen and oxygen atoms in total. The Morgan fingerprint density at radius 1 is 0.950 bits per heavy atom. The molecule has 0 amide bonds. The van der Waals surface area contributed by atoms with Crippen molar-refractivity contribution in [3.05, 3.63) is 47.3 Å². The van der Waals surface area contributed by atoms with Crippen LogP contribution < -0.4 is 0 Å². The molecule has 60 heavy (non-hydrogen) atoms. The van der Waals surface area contributed by atoms with Crippen molar-refractivity contribution in [1.29, 1.82) is 0 Å². The van der Waals surface area contributed by atoms with Crippen LogP contribution in [0.1, 0.15) is 123 Å². The number of aryl methyl sites for hydroxylation is 2. The third kappa shape index (κ3) is 5.47. The van der Waals surface area contributed by atoms with Gasteiger partial charge >= 0.3 is 11.9 Å². The first kappa shape index (κ1) is 42.7. The topological polar surface area (TPSA) is 179 Å². The fourth-order valence-corrected chi connectivity index (χ4v) is 17.2. The summed E-state index contributed by atoms with van der Waals surface area (Å²) in [5.74, 6) is -1.04. The number of hydrogen-bond acceptors (Lipinski definition) is 8. The third-order valence-electron chi connectivity index (χ3n) is 19.8. The summed E-state index contributed by atoms with van der Waals surface area (Å²) in [5, 5.41) is 53.8. The normalized spacial score (nSPS) is 49.8. The summed E-state index contributed by atoms with van der Waals surface area (Å²) in [4.78, 5) is 29.6. The third-order valence-corrected chi connectivity index (χ3v) is 19.8. The molecule has 9 rings (SSSR count). The second kappa shape index (κ2) is 14.2. The molecule has 8 aliphatic rings. The molecule has 17 unspecified atom stereocenters. The standard InChI is InChI=1S/C49H71NO10/c1-8-27-23-50-24-29(27)12-17-48-30-11-10-28-20-33-45(5,18-19-49(42(56)57)31(25-58-7)22-44(4)14-9-15-47(33,49)26-44)46(6,39(28)48)16-13-32(48)43(2,3)34(21-30)59-41-37(53)35(51)36(52)38(60-41)40(54)55/h9,15,20,23-24,28,30-32,34-39,41,50-53H,8,10-14,16-19,21-22,25-26H2,1-7H3,(H,54,55)(H,56,57). The zero-order chi connectivity index (χ0) is 43.0. The van der Waals surface area contributed by atoms with Crippen molar-refractivity contribution in [2.24, 2.45) is 67.5 Å². The molecule has 1 aromatic rings. The van der Waals surface area contributed by atoms with E-state index in [1.54, 1.807) is 7.11 Å². The SMILES string of the molecule is CCc1c[nH]cc1CCC12C3CCC4C=C5C(C)(CCC6(C(=O)O)C(COC)CC7(C)CC=CC56C7)C(C)(CCC1C(C)(C)C(OC1OC(C(=O)O)C(O)C(O)C1O)C3)C42. The Kier molecular flexibility index (Phi) is 10.1. The van der Waals surface area contributed by atoms with Gasteiger partial charge in [-0.15, -0.1) is 0 Å². The summed E-state index contributed by atoms with van der Waals surface area (Å²) < 4.78 is 18.4. The molecule has 1 aromatic heterocycles. The molecule has 1 spiro atoms. The molecule has 6 fully saturated rings. The van der Waals surface area contributed by atoms with E-state index in [4.69, 9.17) is 14.2 Å². The Hall–Kier alpha value is -2.54. The van der Waals surface area contributed by atoms with Crippen LogP contribution in [0.2, 0.25) is 0 Å². The smallest absolute Gasteiger partial charge is 0.335 e. The first-order valence-corrected chi connectivity index (χ1v) is 23.2. The lowest BCUT2D eigenvalue weighted by molar-refractivity contribution is -0.335. The van der Waals surface area contributed by atoms with E-state index in [-0.39, 0.29) is 45.3 Å². The maximum absolute atomic E-state index is 14.1. The van der Waals surface area contributed by atoms with E-state index in [0.29, 0.717) is 25.4 Å². The molecule has 11 heteroatoms. The lowest BCUT2D eigenvalue weighted by Gasteiger charge is -2.78. The number of carbonyl (C=O) groups is 2. The van der Waals surface area contributed by atoms with Gasteiger partial charge in [-0.25, -0.2) is 4.79 Å². The average molecular weight is 834 g/mol. The van der Waals surface area contributed by atoms with Crippen molar-refractivity contribution in [2.45, 2.75) is 162 Å². The highest BCUT2D eigenvalue weighted by Crippen LogP contribution is 2.83. The van der Waals surface area contributed by atoms with E-state index >= 15 is 0 Å². The van der Waals surface area contributed by atoms with Crippen molar-refractivity contribution in [3.63, 3.8) is 0 Å². The van der Waals surface area contributed by atoms with Gasteiger partial charge in [-0.1, -0.05) is 65.3 Å². The van der Waals surface area contributed by atoms with Crippen LogP contribution in [0.25, 0.3) is 0 Å². The number of fused-ring (bicyclic) bond motifs is 3. The maximum Gasteiger partial charge on any atom is 0.335 e. The van der Waals surface area contributed by atoms with E-state index in [9.17, 15) is 35.1 Å². The number of aliphatic hydroxyl groups excluding tert-OH is 3. The van der Waals surface area contributed by atoms with Crippen LogP contribution >= 0.6 is 0 Å². The number of aromatic nitrogens is 1. The van der Waals surface area contributed by atoms with Crippen molar-refractivity contribution in [2.75, 3.05) is 13.7 Å². The Morgan fingerprint density at radius 3 is 2.40 bits per heavy atom. The van der Waals surface area contributed by atoms with E-state index < -0.39 is 65.0 Å². The number of methoxy groups -OCH3 is 1. The van der Waals surface area contributed by atoms with Crippen LogP contribution in [0.15, 0.2) is 36.2 Å². The molecule has 17 atom stereocenters. The summed E-state index contributed by atoms with van der Waals surface area (Å²) in [7, 11) is 1.72. The van der Waals surface area contributed by atoms with Gasteiger partial charge in [0.25, 0.3) is 0 Å². The predicted octanol–water partition coefficient (Wildman–Crippen LogP) is 7.08. The number of carboxylic acid groups (broad SMARTS) is 2. The Balaban J connectivity index is 1.17. The molecule has 0 radical (unpaired) electrons. The Bertz CT molecular complexity index is 1940. The molecule has 6 N–H and O–H groups in total. The molecule has 5 saturated carbocycles. The van der Waals surface area contributed by atoms with Gasteiger partial charge in [0.15, 0.2) is 12.4 Å². The second-order valence-electron chi connectivity index (χ2n) is 22.4. The molecular weight excluding hydrogens is 763 g/mol. The minimum Gasteiger partial charge on any atom is -0.481 e. The predicted molar refractivity (Wildman–Crippen MR) is 223 cm³/mol. The zero-order valence-electron chi connectivity index (χ0n) is 36.9. The van der Waals surface area contributed by atoms with Gasteiger partial charge in [0.1, 0.15) is 18.3 Å². The minimum atomic E-state index is -1.78. The minimum absolute atomic E-state index is 0.00548. The first-order chi connectivity index (χ1) is 28.3.